The van der Waals surface area contributed by atoms with Crippen molar-refractivity contribution in [2.45, 2.75) is 4.90 Å². The van der Waals surface area contributed by atoms with Gasteiger partial charge in [0.1, 0.15) is 0 Å². The van der Waals surface area contributed by atoms with E-state index in [2.05, 4.69) is 44.8 Å². The maximum Gasteiger partial charge on any atom is 0.156 e. The molecule has 3 nitrogen and oxygen atoms in total. The Morgan fingerprint density at radius 2 is 1.69 bits per heavy atom. The molecule has 1 aromatic heterocycles. The maximum atomic E-state index is 13.3. The Balaban J connectivity index is 2.03. The number of aromatic nitrogens is 1. The van der Waals surface area contributed by atoms with Gasteiger partial charge in [0.2, 0.25) is 0 Å². The molecule has 4 aromatic rings. The first-order valence-corrected chi connectivity index (χ1v) is 11.0. The topological polar surface area (TPSA) is 34.4 Å². The molecule has 5 heteroatoms. The van der Waals surface area contributed by atoms with Crippen molar-refractivity contribution in [3.63, 3.8) is 0 Å². The van der Waals surface area contributed by atoms with E-state index in [1.165, 1.54) is 0 Å². The number of fused-ring (bicyclic) bond motifs is 5. The van der Waals surface area contributed by atoms with Crippen LogP contribution >= 0.6 is 15.9 Å². The third-order valence-corrected chi connectivity index (χ3v) is 6.93. The molecule has 0 saturated heterocycles. The lowest BCUT2D eigenvalue weighted by Gasteiger charge is -2.18. The Morgan fingerprint density at radius 3 is 2.50 bits per heavy atom. The maximum absolute atomic E-state index is 13.3. The van der Waals surface area contributed by atoms with Crippen molar-refractivity contribution in [2.24, 2.45) is 4.36 Å². The predicted molar refractivity (Wildman–Crippen MR) is 111 cm³/mol. The molecule has 2 heterocycles. The zero-order chi connectivity index (χ0) is 17.9. The van der Waals surface area contributed by atoms with Gasteiger partial charge in [-0.2, -0.15) is 4.36 Å². The Hall–Kier alpha value is -2.37. The molecule has 0 saturated carbocycles. The summed E-state index contributed by atoms with van der Waals surface area (Å²) >= 11 is 3.59. The van der Waals surface area contributed by atoms with Gasteiger partial charge in [0.05, 0.1) is 20.1 Å². The lowest BCUT2D eigenvalue weighted by Crippen LogP contribution is -2.05. The Morgan fingerprint density at radius 1 is 0.962 bits per heavy atom. The standard InChI is InChI=1S/C21H15BrN2OS/c1-26(25)19-10-6-5-9-16(19)20-17-13-14(22)11-12-18(17)24(21(20)23-26)15-7-3-2-4-8-15/h2-13H,1H3. The largest absolute Gasteiger partial charge is 0.293 e. The summed E-state index contributed by atoms with van der Waals surface area (Å²) in [6, 6.07) is 24.2. The average Bonchev–Trinajstić information content (AvgIpc) is 2.95. The minimum atomic E-state index is -2.50. The van der Waals surface area contributed by atoms with Gasteiger partial charge >= 0.3 is 0 Å². The van der Waals surface area contributed by atoms with E-state index in [0.717, 1.165) is 42.9 Å². The van der Waals surface area contributed by atoms with Crippen LogP contribution < -0.4 is 0 Å². The molecule has 0 bridgehead atoms. The van der Waals surface area contributed by atoms with Gasteiger partial charge in [-0.25, -0.2) is 4.21 Å². The second-order valence-electron chi connectivity index (χ2n) is 6.42. The van der Waals surface area contributed by atoms with Crippen LogP contribution in [-0.2, 0) is 9.73 Å². The molecular formula is C21H15BrN2OS. The van der Waals surface area contributed by atoms with Gasteiger partial charge in [0.15, 0.2) is 5.82 Å². The third-order valence-electron chi connectivity index (χ3n) is 4.74. The number of hydrogen-bond donors (Lipinski definition) is 0. The number of halogens is 1. The molecule has 0 spiro atoms. The molecule has 0 radical (unpaired) electrons. The van der Waals surface area contributed by atoms with Crippen molar-refractivity contribution in [1.29, 1.82) is 0 Å². The van der Waals surface area contributed by atoms with E-state index in [9.17, 15) is 4.21 Å². The van der Waals surface area contributed by atoms with E-state index in [4.69, 9.17) is 4.36 Å². The molecule has 1 aliphatic heterocycles. The summed E-state index contributed by atoms with van der Waals surface area (Å²) in [4.78, 5) is 0.805. The van der Waals surface area contributed by atoms with Gasteiger partial charge in [-0.1, -0.05) is 52.3 Å². The Bertz CT molecular complexity index is 1300. The van der Waals surface area contributed by atoms with E-state index in [1.54, 1.807) is 6.26 Å². The molecule has 3 aromatic carbocycles. The SMILES string of the molecule is CS1(=O)=Nc2c(c3cc(Br)ccc3n2-c2ccccc2)-c2ccccc21. The predicted octanol–water partition coefficient (Wildman–Crippen LogP) is 6.16. The van der Waals surface area contributed by atoms with Crippen molar-refractivity contribution in [3.05, 3.63) is 77.3 Å². The average molecular weight is 423 g/mol. The number of rotatable bonds is 1. The van der Waals surface area contributed by atoms with Crippen molar-refractivity contribution >= 4 is 42.4 Å². The van der Waals surface area contributed by atoms with Gasteiger partial charge < -0.3 is 0 Å². The normalized spacial score (nSPS) is 18.2. The highest BCUT2D eigenvalue weighted by atomic mass is 79.9. The highest BCUT2D eigenvalue weighted by Crippen LogP contribution is 2.48. The fraction of sp³-hybridized carbons (Fsp3) is 0.0476. The van der Waals surface area contributed by atoms with E-state index in [1.807, 2.05) is 48.5 Å². The van der Waals surface area contributed by atoms with E-state index < -0.39 is 9.73 Å². The summed E-state index contributed by atoms with van der Waals surface area (Å²) in [5.74, 6) is 0.760. The first-order chi connectivity index (χ1) is 12.6. The van der Waals surface area contributed by atoms with Crippen LogP contribution in [-0.4, -0.2) is 15.0 Å². The fourth-order valence-electron chi connectivity index (χ4n) is 3.66. The van der Waals surface area contributed by atoms with Crippen LogP contribution in [0.5, 0.6) is 0 Å². The monoisotopic (exact) mass is 422 g/mol. The van der Waals surface area contributed by atoms with Crippen LogP contribution in [0.3, 0.4) is 0 Å². The summed E-state index contributed by atoms with van der Waals surface area (Å²) in [6.45, 7) is 0. The van der Waals surface area contributed by atoms with Crippen LogP contribution in [0.15, 0.2) is 86.5 Å². The first kappa shape index (κ1) is 15.9. The van der Waals surface area contributed by atoms with E-state index in [-0.39, 0.29) is 0 Å². The molecule has 128 valence electrons. The zero-order valence-electron chi connectivity index (χ0n) is 14.0. The molecule has 1 aliphatic rings. The van der Waals surface area contributed by atoms with Gasteiger partial charge in [-0.05, 0) is 36.4 Å². The van der Waals surface area contributed by atoms with E-state index in [0.29, 0.717) is 0 Å². The molecule has 0 amide bonds. The van der Waals surface area contributed by atoms with Gasteiger partial charge in [0.25, 0.3) is 0 Å². The van der Waals surface area contributed by atoms with E-state index >= 15 is 0 Å². The molecule has 1 atom stereocenters. The lowest BCUT2D eigenvalue weighted by molar-refractivity contribution is 0.680. The molecular weight excluding hydrogens is 408 g/mol. The molecule has 0 fully saturated rings. The molecule has 5 rings (SSSR count). The van der Waals surface area contributed by atoms with Crippen LogP contribution in [0.25, 0.3) is 27.7 Å². The second-order valence-corrected chi connectivity index (χ2v) is 9.56. The van der Waals surface area contributed by atoms with Crippen molar-refractivity contribution < 1.29 is 4.21 Å². The Labute approximate surface area is 160 Å². The van der Waals surface area contributed by atoms with Crippen molar-refractivity contribution in [3.8, 4) is 16.8 Å². The van der Waals surface area contributed by atoms with Crippen LogP contribution in [0, 0.1) is 0 Å². The minimum absolute atomic E-state index is 0.760. The zero-order valence-corrected chi connectivity index (χ0v) is 16.4. The van der Waals surface area contributed by atoms with Crippen molar-refractivity contribution in [2.75, 3.05) is 6.26 Å². The summed E-state index contributed by atoms with van der Waals surface area (Å²) in [6.07, 6.45) is 1.72. The van der Waals surface area contributed by atoms with Crippen LogP contribution in [0.1, 0.15) is 0 Å². The van der Waals surface area contributed by atoms with Gasteiger partial charge in [-0.3, -0.25) is 4.57 Å². The molecule has 0 N–H and O–H groups in total. The fourth-order valence-corrected chi connectivity index (χ4v) is 5.53. The number of benzene rings is 3. The summed E-state index contributed by atoms with van der Waals surface area (Å²) in [5, 5.41) is 1.10. The summed E-state index contributed by atoms with van der Waals surface area (Å²) in [7, 11) is -2.50. The quantitative estimate of drug-likeness (QED) is 0.361. The number of hydrogen-bond acceptors (Lipinski definition) is 2. The second kappa shape index (κ2) is 5.56. The number of nitrogens with zero attached hydrogens (tertiary/aromatic N) is 2. The van der Waals surface area contributed by atoms with Crippen molar-refractivity contribution in [1.82, 2.24) is 4.57 Å². The molecule has 1 unspecified atom stereocenters. The third kappa shape index (κ3) is 2.20. The highest BCUT2D eigenvalue weighted by molar-refractivity contribution is 9.10. The molecule has 26 heavy (non-hydrogen) atoms. The summed E-state index contributed by atoms with van der Waals surface area (Å²) < 4.78 is 21.2. The smallest absolute Gasteiger partial charge is 0.156 e. The molecule has 0 aliphatic carbocycles. The summed E-state index contributed by atoms with van der Waals surface area (Å²) in [5.41, 5.74) is 4.11. The van der Waals surface area contributed by atoms with Crippen LogP contribution in [0.2, 0.25) is 0 Å². The minimum Gasteiger partial charge on any atom is -0.293 e. The Kier molecular flexibility index (Phi) is 3.39. The van der Waals surface area contributed by atoms with Gasteiger partial charge in [-0.15, -0.1) is 0 Å². The highest BCUT2D eigenvalue weighted by Gasteiger charge is 2.28. The number of para-hydroxylation sites is 1. The lowest BCUT2D eigenvalue weighted by atomic mass is 10.0. The van der Waals surface area contributed by atoms with Gasteiger partial charge in [0, 0.05) is 32.9 Å². The first-order valence-electron chi connectivity index (χ1n) is 8.27. The van der Waals surface area contributed by atoms with Crippen LogP contribution in [0.4, 0.5) is 5.82 Å².